The number of aromatic nitrogens is 2. The molecule has 0 unspecified atom stereocenters. The number of nitrogens with one attached hydrogen (secondary N) is 3. The van der Waals surface area contributed by atoms with Gasteiger partial charge in [0.05, 0.1) is 6.20 Å². The molecule has 1 heterocycles. The van der Waals surface area contributed by atoms with E-state index in [1.165, 1.54) is 12.3 Å². The van der Waals surface area contributed by atoms with Gasteiger partial charge in [-0.2, -0.15) is 13.5 Å². The van der Waals surface area contributed by atoms with Crippen molar-refractivity contribution in [3.8, 4) is 0 Å². The predicted molar refractivity (Wildman–Crippen MR) is 74.8 cm³/mol. The van der Waals surface area contributed by atoms with Gasteiger partial charge >= 0.3 is 0 Å². The number of anilines is 2. The highest BCUT2D eigenvalue weighted by Gasteiger charge is 2.15. The minimum absolute atomic E-state index is 0.0131. The maximum Gasteiger partial charge on any atom is 0.278 e. The highest BCUT2D eigenvalue weighted by atomic mass is 32.2. The normalized spacial score (nSPS) is 11.1. The van der Waals surface area contributed by atoms with E-state index in [9.17, 15) is 13.2 Å². The van der Waals surface area contributed by atoms with Crippen molar-refractivity contribution >= 4 is 27.3 Å². The van der Waals surface area contributed by atoms with E-state index < -0.39 is 10.0 Å². The molecule has 0 saturated heterocycles. The van der Waals surface area contributed by atoms with Gasteiger partial charge in [0, 0.05) is 17.8 Å². The monoisotopic (exact) mass is 294 g/mol. The number of carbonyl (C=O) groups excluding carboxylic acids is 1. The van der Waals surface area contributed by atoms with Crippen LogP contribution in [0.5, 0.6) is 0 Å². The van der Waals surface area contributed by atoms with E-state index >= 15 is 0 Å². The van der Waals surface area contributed by atoms with Crippen LogP contribution < -0.4 is 10.0 Å². The first-order valence-electron chi connectivity index (χ1n) is 5.93. The standard InChI is InChI=1S/C12H14N4O3S/c1-2-11(17)14-9-3-5-10(6-4-9)16-20(18,19)12-7-8-13-15-12/h3-8,16H,2H2,1H3,(H,13,15)(H,14,17). The molecule has 7 nitrogen and oxygen atoms in total. The molecule has 0 spiro atoms. The van der Waals surface area contributed by atoms with Crippen LogP contribution in [0.4, 0.5) is 11.4 Å². The van der Waals surface area contributed by atoms with Crippen LogP contribution in [0.1, 0.15) is 13.3 Å². The number of benzene rings is 1. The number of H-pyrrole nitrogens is 1. The summed E-state index contributed by atoms with van der Waals surface area (Å²) in [6, 6.07) is 7.74. The number of nitrogens with zero attached hydrogens (tertiary/aromatic N) is 1. The molecule has 106 valence electrons. The molecule has 0 aliphatic heterocycles. The molecule has 20 heavy (non-hydrogen) atoms. The molecule has 1 aromatic heterocycles. The first-order valence-corrected chi connectivity index (χ1v) is 7.41. The van der Waals surface area contributed by atoms with Gasteiger partial charge in [0.1, 0.15) is 0 Å². The molecule has 1 amide bonds. The summed E-state index contributed by atoms with van der Waals surface area (Å²) in [5.74, 6) is -0.101. The first kappa shape index (κ1) is 14.1. The van der Waals surface area contributed by atoms with Crippen molar-refractivity contribution < 1.29 is 13.2 Å². The summed E-state index contributed by atoms with van der Waals surface area (Å²) in [4.78, 5) is 11.2. The second kappa shape index (κ2) is 5.74. The van der Waals surface area contributed by atoms with Gasteiger partial charge in [-0.05, 0) is 30.3 Å². The van der Waals surface area contributed by atoms with E-state index in [1.807, 2.05) is 0 Å². The van der Waals surface area contributed by atoms with Crippen LogP contribution in [0.25, 0.3) is 0 Å². The number of hydrogen-bond acceptors (Lipinski definition) is 4. The van der Waals surface area contributed by atoms with E-state index in [-0.39, 0.29) is 10.9 Å². The summed E-state index contributed by atoms with van der Waals surface area (Å²) in [7, 11) is -3.67. The topological polar surface area (TPSA) is 104 Å². The van der Waals surface area contributed by atoms with Gasteiger partial charge in [-0.3, -0.25) is 14.6 Å². The van der Waals surface area contributed by atoms with Gasteiger partial charge in [-0.15, -0.1) is 0 Å². The second-order valence-electron chi connectivity index (χ2n) is 4.01. The number of rotatable bonds is 5. The van der Waals surface area contributed by atoms with Crippen molar-refractivity contribution in [3.63, 3.8) is 0 Å². The summed E-state index contributed by atoms with van der Waals surface area (Å²) < 4.78 is 26.2. The Balaban J connectivity index is 2.10. The average molecular weight is 294 g/mol. The van der Waals surface area contributed by atoms with Crippen LogP contribution in [-0.2, 0) is 14.8 Å². The first-order chi connectivity index (χ1) is 9.51. The molecule has 8 heteroatoms. The number of hydrogen-bond donors (Lipinski definition) is 3. The number of sulfonamides is 1. The van der Waals surface area contributed by atoms with Gasteiger partial charge in [0.2, 0.25) is 5.91 Å². The molecule has 0 radical (unpaired) electrons. The van der Waals surface area contributed by atoms with Crippen LogP contribution in [0.3, 0.4) is 0 Å². The predicted octanol–water partition coefficient (Wildman–Crippen LogP) is 1.56. The van der Waals surface area contributed by atoms with Crippen molar-refractivity contribution in [1.29, 1.82) is 0 Å². The number of amides is 1. The fourth-order valence-corrected chi connectivity index (χ4v) is 2.44. The maximum atomic E-state index is 11.9. The number of aromatic amines is 1. The lowest BCUT2D eigenvalue weighted by atomic mass is 10.3. The highest BCUT2D eigenvalue weighted by molar-refractivity contribution is 7.92. The van der Waals surface area contributed by atoms with Crippen LogP contribution in [0, 0.1) is 0 Å². The van der Waals surface area contributed by atoms with Crippen LogP contribution in [0.15, 0.2) is 41.6 Å². The Morgan fingerprint density at radius 3 is 2.40 bits per heavy atom. The van der Waals surface area contributed by atoms with E-state index in [2.05, 4.69) is 20.2 Å². The van der Waals surface area contributed by atoms with Gasteiger partial charge in [0.25, 0.3) is 10.0 Å². The van der Waals surface area contributed by atoms with Crippen molar-refractivity contribution in [2.45, 2.75) is 18.4 Å². The molecular weight excluding hydrogens is 280 g/mol. The van der Waals surface area contributed by atoms with E-state index in [0.29, 0.717) is 17.8 Å². The molecule has 0 atom stereocenters. The summed E-state index contributed by atoms with van der Waals surface area (Å²) >= 11 is 0. The molecule has 0 aliphatic rings. The fourth-order valence-electron chi connectivity index (χ4n) is 1.47. The minimum Gasteiger partial charge on any atom is -0.326 e. The third-order valence-electron chi connectivity index (χ3n) is 2.51. The van der Waals surface area contributed by atoms with Crippen LogP contribution in [-0.4, -0.2) is 24.5 Å². The quantitative estimate of drug-likeness (QED) is 0.778. The summed E-state index contributed by atoms with van der Waals surface area (Å²) in [5.41, 5.74) is 1.01. The molecular formula is C12H14N4O3S. The lowest BCUT2D eigenvalue weighted by Crippen LogP contribution is -2.13. The smallest absolute Gasteiger partial charge is 0.278 e. The Hall–Kier alpha value is -2.35. The Morgan fingerprint density at radius 1 is 1.20 bits per heavy atom. The average Bonchev–Trinajstić information content (AvgIpc) is 2.95. The molecule has 0 fully saturated rings. The maximum absolute atomic E-state index is 11.9. The van der Waals surface area contributed by atoms with E-state index in [1.54, 1.807) is 31.2 Å². The van der Waals surface area contributed by atoms with Gasteiger partial charge in [-0.1, -0.05) is 6.92 Å². The van der Waals surface area contributed by atoms with Crippen molar-refractivity contribution in [2.75, 3.05) is 10.0 Å². The lowest BCUT2D eigenvalue weighted by Gasteiger charge is -2.08. The molecule has 0 aliphatic carbocycles. The van der Waals surface area contributed by atoms with Crippen molar-refractivity contribution in [3.05, 3.63) is 36.5 Å². The van der Waals surface area contributed by atoms with E-state index in [0.717, 1.165) is 0 Å². The highest BCUT2D eigenvalue weighted by Crippen LogP contribution is 2.17. The zero-order valence-electron chi connectivity index (χ0n) is 10.8. The number of carbonyl (C=O) groups is 1. The van der Waals surface area contributed by atoms with Gasteiger partial charge in [0.15, 0.2) is 5.03 Å². The summed E-state index contributed by atoms with van der Waals surface area (Å²) in [6.45, 7) is 1.75. The third-order valence-corrected chi connectivity index (χ3v) is 3.82. The Kier molecular flexibility index (Phi) is 4.04. The molecule has 2 aromatic rings. The third kappa shape index (κ3) is 3.35. The summed E-state index contributed by atoms with van der Waals surface area (Å²) in [5, 5.41) is 8.64. The van der Waals surface area contributed by atoms with Gasteiger partial charge in [-0.25, -0.2) is 0 Å². The Morgan fingerprint density at radius 2 is 1.85 bits per heavy atom. The zero-order valence-corrected chi connectivity index (χ0v) is 11.6. The lowest BCUT2D eigenvalue weighted by molar-refractivity contribution is -0.115. The minimum atomic E-state index is -3.67. The Labute approximate surface area is 116 Å². The molecule has 1 aromatic carbocycles. The van der Waals surface area contributed by atoms with Gasteiger partial charge < -0.3 is 5.32 Å². The zero-order chi connectivity index (χ0) is 14.6. The molecule has 2 rings (SSSR count). The summed E-state index contributed by atoms with van der Waals surface area (Å²) in [6.07, 6.45) is 1.74. The van der Waals surface area contributed by atoms with Crippen LogP contribution in [0.2, 0.25) is 0 Å². The SMILES string of the molecule is CCC(=O)Nc1ccc(NS(=O)(=O)c2ccn[nH]2)cc1. The Bertz CT molecular complexity index is 678. The van der Waals surface area contributed by atoms with Crippen molar-refractivity contribution in [2.24, 2.45) is 0 Å². The second-order valence-corrected chi connectivity index (χ2v) is 5.66. The molecule has 0 bridgehead atoms. The van der Waals surface area contributed by atoms with E-state index in [4.69, 9.17) is 0 Å². The molecule has 0 saturated carbocycles. The molecule has 3 N–H and O–H groups in total. The van der Waals surface area contributed by atoms with Crippen LogP contribution >= 0.6 is 0 Å². The largest absolute Gasteiger partial charge is 0.326 e. The fraction of sp³-hybridized carbons (Fsp3) is 0.167. The van der Waals surface area contributed by atoms with Crippen molar-refractivity contribution in [1.82, 2.24) is 10.2 Å².